The second-order valence-electron chi connectivity index (χ2n) is 1.31. The van der Waals surface area contributed by atoms with Crippen LogP contribution in [0.15, 0.2) is 0 Å². The van der Waals surface area contributed by atoms with Crippen LogP contribution in [-0.2, 0) is 0 Å². The first-order valence-corrected chi connectivity index (χ1v) is 7.99. The van der Waals surface area contributed by atoms with Crippen LogP contribution in [0, 0.1) is 0 Å². The van der Waals surface area contributed by atoms with E-state index < -0.39 is 20.0 Å². The molecule has 0 amide bonds. The third-order valence-electron chi connectivity index (χ3n) is 0.679. The summed E-state index contributed by atoms with van der Waals surface area (Å²) in [6.45, 7) is 0.330. The molecular formula is C4H9ClOSn. The molecule has 0 unspecified atom stereocenters. The predicted octanol–water partition coefficient (Wildman–Crippen LogP) is 1.04. The van der Waals surface area contributed by atoms with Crippen LogP contribution in [-0.4, -0.2) is 31.7 Å². The van der Waals surface area contributed by atoms with Gasteiger partial charge in [-0.15, -0.1) is 0 Å². The molecule has 0 fully saturated rings. The Kier molecular flexibility index (Phi) is 8.10. The Bertz CT molecular complexity index is 30.9. The zero-order chi connectivity index (χ0) is 5.54. The van der Waals surface area contributed by atoms with E-state index in [2.05, 4.69) is 0 Å². The van der Waals surface area contributed by atoms with Gasteiger partial charge in [0, 0.05) is 0 Å². The summed E-state index contributed by atoms with van der Waals surface area (Å²) in [5, 5.41) is 8.27. The second-order valence-corrected chi connectivity index (χ2v) is 5.30. The summed E-state index contributed by atoms with van der Waals surface area (Å²) >= 11 is -0.462. The van der Waals surface area contributed by atoms with Crippen LogP contribution in [0.3, 0.4) is 0 Å². The molecule has 0 atom stereocenters. The zero-order valence-electron chi connectivity index (χ0n) is 4.15. The van der Waals surface area contributed by atoms with E-state index >= 15 is 0 Å². The monoisotopic (exact) mass is 228 g/mol. The van der Waals surface area contributed by atoms with Crippen LogP contribution in [0.2, 0.25) is 4.44 Å². The van der Waals surface area contributed by atoms with Crippen LogP contribution in [0.4, 0.5) is 0 Å². The summed E-state index contributed by atoms with van der Waals surface area (Å²) in [6, 6.07) is 0. The second kappa shape index (κ2) is 7.05. The van der Waals surface area contributed by atoms with Gasteiger partial charge in [-0.3, -0.25) is 0 Å². The topological polar surface area (TPSA) is 20.2 Å². The molecule has 3 heteroatoms. The summed E-state index contributed by atoms with van der Waals surface area (Å²) in [5.74, 6) is 0. The fourth-order valence-corrected chi connectivity index (χ4v) is 2.29. The number of hydrogen-bond acceptors (Lipinski definition) is 1. The van der Waals surface area contributed by atoms with Crippen LogP contribution in [0.1, 0.15) is 12.8 Å². The molecule has 2 radical (unpaired) electrons. The van der Waals surface area contributed by atoms with Gasteiger partial charge in [0.15, 0.2) is 0 Å². The van der Waals surface area contributed by atoms with Crippen LogP contribution in [0.25, 0.3) is 0 Å². The Morgan fingerprint density at radius 1 is 1.43 bits per heavy atom. The number of hydrogen-bond donors (Lipinski definition) is 1. The van der Waals surface area contributed by atoms with E-state index in [4.69, 9.17) is 14.0 Å². The Balaban J connectivity index is 2.45. The Labute approximate surface area is 58.0 Å². The SMILES string of the molecule is OCCC[CH2][Sn][Cl]. The van der Waals surface area contributed by atoms with E-state index in [0.717, 1.165) is 12.8 Å². The van der Waals surface area contributed by atoms with Crippen molar-refractivity contribution >= 4 is 28.9 Å². The van der Waals surface area contributed by atoms with Gasteiger partial charge in [-0.2, -0.15) is 0 Å². The van der Waals surface area contributed by atoms with Crippen molar-refractivity contribution < 1.29 is 5.11 Å². The van der Waals surface area contributed by atoms with Crippen LogP contribution in [0.5, 0.6) is 0 Å². The number of aliphatic hydroxyl groups is 1. The average molecular weight is 227 g/mol. The molecule has 0 aliphatic carbocycles. The molecule has 0 aromatic rings. The van der Waals surface area contributed by atoms with Gasteiger partial charge in [-0.1, -0.05) is 0 Å². The molecular weight excluding hydrogens is 218 g/mol. The maximum absolute atomic E-state index is 8.27. The fourth-order valence-electron chi connectivity index (χ4n) is 0.304. The molecule has 7 heavy (non-hydrogen) atoms. The molecule has 0 bridgehead atoms. The number of aliphatic hydroxyl groups excluding tert-OH is 1. The third-order valence-corrected chi connectivity index (χ3v) is 3.50. The van der Waals surface area contributed by atoms with Crippen molar-refractivity contribution in [2.45, 2.75) is 17.3 Å². The third kappa shape index (κ3) is 7.05. The first-order chi connectivity index (χ1) is 3.41. The first kappa shape index (κ1) is 8.05. The van der Waals surface area contributed by atoms with E-state index in [1.165, 1.54) is 4.44 Å². The van der Waals surface area contributed by atoms with Crippen molar-refractivity contribution in [2.24, 2.45) is 0 Å². The average Bonchev–Trinajstić information content (AvgIpc) is 1.69. The standard InChI is InChI=1S/C4H9O.ClH.Sn/c1-2-3-4-5;;/h5H,1-4H2;1H;/q;;+1/p-1. The molecule has 0 spiro atoms. The molecule has 0 saturated heterocycles. The van der Waals surface area contributed by atoms with E-state index in [0.29, 0.717) is 6.61 Å². The number of rotatable bonds is 4. The van der Waals surface area contributed by atoms with E-state index in [9.17, 15) is 0 Å². The van der Waals surface area contributed by atoms with Crippen molar-refractivity contribution in [3.63, 3.8) is 0 Å². The molecule has 0 heterocycles. The summed E-state index contributed by atoms with van der Waals surface area (Å²) in [6.07, 6.45) is 2.07. The first-order valence-electron chi connectivity index (χ1n) is 2.36. The number of unbranched alkanes of at least 4 members (excludes halogenated alkanes) is 1. The fraction of sp³-hybridized carbons (Fsp3) is 1.00. The Morgan fingerprint density at radius 2 is 2.14 bits per heavy atom. The summed E-state index contributed by atoms with van der Waals surface area (Å²) < 4.78 is 1.20. The van der Waals surface area contributed by atoms with E-state index in [-0.39, 0.29) is 0 Å². The van der Waals surface area contributed by atoms with Gasteiger partial charge in [0.25, 0.3) is 0 Å². The van der Waals surface area contributed by atoms with Gasteiger partial charge in [0.2, 0.25) is 0 Å². The Hall–Kier alpha value is 1.05. The Morgan fingerprint density at radius 3 is 2.57 bits per heavy atom. The normalized spacial score (nSPS) is 9.43. The molecule has 0 aliphatic heterocycles. The predicted molar refractivity (Wildman–Crippen MR) is 32.7 cm³/mol. The molecule has 42 valence electrons. The molecule has 1 N–H and O–H groups in total. The molecule has 0 rings (SSSR count). The minimum atomic E-state index is -0.462. The molecule has 0 aliphatic rings. The maximum atomic E-state index is 8.27. The van der Waals surface area contributed by atoms with Crippen molar-refractivity contribution in [3.8, 4) is 0 Å². The van der Waals surface area contributed by atoms with Gasteiger partial charge in [0.05, 0.1) is 0 Å². The van der Waals surface area contributed by atoms with Gasteiger partial charge in [0.1, 0.15) is 0 Å². The van der Waals surface area contributed by atoms with Gasteiger partial charge < -0.3 is 0 Å². The molecule has 0 saturated carbocycles. The van der Waals surface area contributed by atoms with E-state index in [1.54, 1.807) is 0 Å². The van der Waals surface area contributed by atoms with Crippen molar-refractivity contribution in [3.05, 3.63) is 0 Å². The molecule has 0 aromatic carbocycles. The van der Waals surface area contributed by atoms with Gasteiger partial charge in [-0.05, 0) is 0 Å². The van der Waals surface area contributed by atoms with Crippen LogP contribution < -0.4 is 0 Å². The zero-order valence-corrected chi connectivity index (χ0v) is 7.76. The molecule has 1 nitrogen and oxygen atoms in total. The summed E-state index contributed by atoms with van der Waals surface area (Å²) in [4.78, 5) is 0. The quantitative estimate of drug-likeness (QED) is 0.562. The summed E-state index contributed by atoms with van der Waals surface area (Å²) in [5.41, 5.74) is 0. The van der Waals surface area contributed by atoms with Gasteiger partial charge in [-0.25, -0.2) is 0 Å². The minimum absolute atomic E-state index is 0.330. The van der Waals surface area contributed by atoms with E-state index in [1.807, 2.05) is 0 Å². The number of halogens is 1. The van der Waals surface area contributed by atoms with Gasteiger partial charge >= 0.3 is 57.9 Å². The van der Waals surface area contributed by atoms with Crippen molar-refractivity contribution in [2.75, 3.05) is 6.61 Å². The summed E-state index contributed by atoms with van der Waals surface area (Å²) in [7, 11) is 5.53. The molecule has 0 aromatic heterocycles. The van der Waals surface area contributed by atoms with Crippen LogP contribution >= 0.6 is 8.92 Å². The van der Waals surface area contributed by atoms with Crippen molar-refractivity contribution in [1.82, 2.24) is 0 Å². The van der Waals surface area contributed by atoms with Crippen molar-refractivity contribution in [1.29, 1.82) is 0 Å².